The van der Waals surface area contributed by atoms with Crippen LogP contribution in [0.1, 0.15) is 21.0 Å². The monoisotopic (exact) mass is 560 g/mol. The lowest BCUT2D eigenvalue weighted by molar-refractivity contribution is 0.0682. The molecule has 0 bridgehead atoms. The first-order chi connectivity index (χ1) is 20.4. The van der Waals surface area contributed by atoms with E-state index in [0.29, 0.717) is 56.1 Å². The number of aromatic carboxylic acids is 2. The minimum absolute atomic E-state index is 0.00146. The first-order valence-electron chi connectivity index (χ1n) is 12.7. The van der Waals surface area contributed by atoms with Crippen LogP contribution in [0.3, 0.4) is 0 Å². The lowest BCUT2D eigenvalue weighted by Gasteiger charge is -2.07. The molecule has 0 saturated carbocycles. The van der Waals surface area contributed by atoms with E-state index in [0.717, 1.165) is 0 Å². The van der Waals surface area contributed by atoms with Crippen LogP contribution in [0.15, 0.2) is 97.1 Å². The molecular formula is C32H24N4O6. The Bertz CT molecular complexity index is 1800. The summed E-state index contributed by atoms with van der Waals surface area (Å²) in [5.41, 5.74) is 2.62. The predicted molar refractivity (Wildman–Crippen MR) is 157 cm³/mol. The molecule has 0 fully saturated rings. The summed E-state index contributed by atoms with van der Waals surface area (Å²) in [5.74, 6) is -0.0761. The van der Waals surface area contributed by atoms with Gasteiger partial charge in [-0.1, -0.05) is 60.7 Å². The molecule has 0 unspecified atom stereocenters. The highest BCUT2D eigenvalue weighted by Crippen LogP contribution is 2.26. The summed E-state index contributed by atoms with van der Waals surface area (Å²) < 4.78 is 10.3. The number of benzene rings is 4. The van der Waals surface area contributed by atoms with Crippen molar-refractivity contribution in [3.05, 3.63) is 108 Å². The van der Waals surface area contributed by atoms with Crippen molar-refractivity contribution >= 4 is 33.7 Å². The van der Waals surface area contributed by atoms with E-state index in [2.05, 4.69) is 19.9 Å². The topological polar surface area (TPSA) is 145 Å². The van der Waals surface area contributed by atoms with E-state index in [9.17, 15) is 19.8 Å². The number of para-hydroxylation sites is 2. The Balaban J connectivity index is 0.000000168. The lowest BCUT2D eigenvalue weighted by atomic mass is 10.1. The van der Waals surface area contributed by atoms with Gasteiger partial charge >= 0.3 is 11.9 Å². The van der Waals surface area contributed by atoms with Gasteiger partial charge < -0.3 is 19.7 Å². The van der Waals surface area contributed by atoms with Gasteiger partial charge in [-0.3, -0.25) is 0 Å². The van der Waals surface area contributed by atoms with Crippen LogP contribution in [-0.2, 0) is 0 Å². The number of hydrogen-bond donors (Lipinski definition) is 2. The largest absolute Gasteiger partial charge is 0.497 e. The van der Waals surface area contributed by atoms with Crippen molar-refractivity contribution < 1.29 is 29.3 Å². The lowest BCUT2D eigenvalue weighted by Crippen LogP contribution is -2.04. The van der Waals surface area contributed by atoms with Gasteiger partial charge in [0.15, 0.2) is 23.0 Å². The SMILES string of the molecule is COc1cccc(-c2nc(C(=O)O)c3ccccc3n2)c1.COc1cccc(-c2nc(C(=O)O)c3ccccc3n2)c1. The van der Waals surface area contributed by atoms with Crippen LogP contribution < -0.4 is 9.47 Å². The molecule has 10 heteroatoms. The van der Waals surface area contributed by atoms with Crippen LogP contribution in [0.5, 0.6) is 11.5 Å². The van der Waals surface area contributed by atoms with Crippen LogP contribution in [0.4, 0.5) is 0 Å². The molecule has 4 aromatic carbocycles. The first-order valence-corrected chi connectivity index (χ1v) is 12.7. The molecule has 42 heavy (non-hydrogen) atoms. The zero-order chi connectivity index (χ0) is 29.6. The third kappa shape index (κ3) is 5.82. The second-order valence-electron chi connectivity index (χ2n) is 8.90. The van der Waals surface area contributed by atoms with Gasteiger partial charge in [-0.25, -0.2) is 29.5 Å². The van der Waals surface area contributed by atoms with Crippen LogP contribution in [0, 0.1) is 0 Å². The molecule has 2 aromatic heterocycles. The minimum atomic E-state index is -1.07. The summed E-state index contributed by atoms with van der Waals surface area (Å²) >= 11 is 0. The average molecular weight is 561 g/mol. The fraction of sp³-hybridized carbons (Fsp3) is 0.0625. The molecule has 0 radical (unpaired) electrons. The zero-order valence-electron chi connectivity index (χ0n) is 22.6. The molecule has 0 spiro atoms. The Labute approximate surface area is 239 Å². The summed E-state index contributed by atoms with van der Waals surface area (Å²) in [4.78, 5) is 40.0. The Morgan fingerprint density at radius 3 is 1.33 bits per heavy atom. The molecule has 208 valence electrons. The van der Waals surface area contributed by atoms with E-state index in [4.69, 9.17) is 9.47 Å². The third-order valence-corrected chi connectivity index (χ3v) is 6.27. The number of fused-ring (bicyclic) bond motifs is 2. The molecular weight excluding hydrogens is 536 g/mol. The van der Waals surface area contributed by atoms with E-state index < -0.39 is 11.9 Å². The van der Waals surface area contributed by atoms with E-state index in [1.807, 2.05) is 48.5 Å². The molecule has 6 rings (SSSR count). The average Bonchev–Trinajstić information content (AvgIpc) is 3.03. The van der Waals surface area contributed by atoms with Crippen LogP contribution >= 0.6 is 0 Å². The summed E-state index contributed by atoms with van der Waals surface area (Å²) in [6.45, 7) is 0. The molecule has 0 aliphatic carbocycles. The number of carbonyl (C=O) groups is 2. The predicted octanol–water partition coefficient (Wildman–Crippen LogP) is 6.01. The maximum Gasteiger partial charge on any atom is 0.355 e. The van der Waals surface area contributed by atoms with Gasteiger partial charge in [-0.2, -0.15) is 0 Å². The van der Waals surface area contributed by atoms with Gasteiger partial charge in [0.2, 0.25) is 0 Å². The second kappa shape index (κ2) is 12.1. The number of nitrogens with zero attached hydrogens (tertiary/aromatic N) is 4. The van der Waals surface area contributed by atoms with Crippen LogP contribution in [0.25, 0.3) is 44.6 Å². The number of ether oxygens (including phenoxy) is 2. The molecule has 0 aliphatic rings. The number of hydrogen-bond acceptors (Lipinski definition) is 8. The number of methoxy groups -OCH3 is 2. The number of carboxylic acids is 2. The Hall–Kier alpha value is -5.90. The van der Waals surface area contributed by atoms with Crippen molar-refractivity contribution in [2.75, 3.05) is 14.2 Å². The molecule has 0 atom stereocenters. The van der Waals surface area contributed by atoms with E-state index in [-0.39, 0.29) is 11.4 Å². The molecule has 0 aliphatic heterocycles. The van der Waals surface area contributed by atoms with E-state index in [1.54, 1.807) is 62.8 Å². The number of rotatable bonds is 6. The Morgan fingerprint density at radius 2 is 0.952 bits per heavy atom. The number of aromatic nitrogens is 4. The van der Waals surface area contributed by atoms with Gasteiger partial charge in [0.1, 0.15) is 11.5 Å². The highest BCUT2D eigenvalue weighted by atomic mass is 16.5. The Kier molecular flexibility index (Phi) is 7.96. The maximum atomic E-state index is 11.4. The molecule has 0 amide bonds. The van der Waals surface area contributed by atoms with E-state index >= 15 is 0 Å². The highest BCUT2D eigenvalue weighted by Gasteiger charge is 2.16. The van der Waals surface area contributed by atoms with Crippen molar-refractivity contribution in [2.24, 2.45) is 0 Å². The van der Waals surface area contributed by atoms with Crippen molar-refractivity contribution in [1.29, 1.82) is 0 Å². The van der Waals surface area contributed by atoms with Gasteiger partial charge in [0.25, 0.3) is 0 Å². The molecule has 10 nitrogen and oxygen atoms in total. The highest BCUT2D eigenvalue weighted by molar-refractivity contribution is 6.02. The molecule has 2 N–H and O–H groups in total. The smallest absolute Gasteiger partial charge is 0.355 e. The van der Waals surface area contributed by atoms with Crippen molar-refractivity contribution in [2.45, 2.75) is 0 Å². The van der Waals surface area contributed by atoms with Crippen LogP contribution in [0.2, 0.25) is 0 Å². The maximum absolute atomic E-state index is 11.4. The van der Waals surface area contributed by atoms with Crippen molar-refractivity contribution in [1.82, 2.24) is 19.9 Å². The van der Waals surface area contributed by atoms with Crippen molar-refractivity contribution in [3.8, 4) is 34.3 Å². The van der Waals surface area contributed by atoms with Crippen LogP contribution in [-0.4, -0.2) is 56.3 Å². The quantitative estimate of drug-likeness (QED) is 0.248. The standard InChI is InChI=1S/2C16H12N2O3/c2*1-21-11-6-4-5-10(9-11)15-17-13-8-3-2-7-12(13)14(18-15)16(19)20/h2*2-9H,1H3,(H,19,20). The molecule has 6 aromatic rings. The summed E-state index contributed by atoms with van der Waals surface area (Å²) in [5, 5.41) is 19.7. The Morgan fingerprint density at radius 1 is 0.548 bits per heavy atom. The second-order valence-corrected chi connectivity index (χ2v) is 8.90. The first kappa shape index (κ1) is 27.7. The zero-order valence-corrected chi connectivity index (χ0v) is 22.6. The minimum Gasteiger partial charge on any atom is -0.497 e. The van der Waals surface area contributed by atoms with Gasteiger partial charge in [-0.15, -0.1) is 0 Å². The summed E-state index contributed by atoms with van der Waals surface area (Å²) in [6, 6.07) is 28.5. The van der Waals surface area contributed by atoms with Gasteiger partial charge in [0, 0.05) is 21.9 Å². The molecule has 0 saturated heterocycles. The fourth-order valence-corrected chi connectivity index (χ4v) is 4.26. The fourth-order valence-electron chi connectivity index (χ4n) is 4.26. The van der Waals surface area contributed by atoms with Gasteiger partial charge in [0.05, 0.1) is 25.3 Å². The van der Waals surface area contributed by atoms with E-state index in [1.165, 1.54) is 0 Å². The third-order valence-electron chi connectivity index (χ3n) is 6.27. The summed E-state index contributed by atoms with van der Waals surface area (Å²) in [7, 11) is 3.14. The normalized spacial score (nSPS) is 10.5. The molecule has 2 heterocycles. The van der Waals surface area contributed by atoms with Gasteiger partial charge in [-0.05, 0) is 36.4 Å². The van der Waals surface area contributed by atoms with Crippen molar-refractivity contribution in [3.63, 3.8) is 0 Å². The number of carboxylic acid groups (broad SMARTS) is 2. The summed E-state index contributed by atoms with van der Waals surface area (Å²) in [6.07, 6.45) is 0.